The lowest BCUT2D eigenvalue weighted by molar-refractivity contribution is 0.183. The quantitative estimate of drug-likeness (QED) is 0.795. The first-order valence-corrected chi connectivity index (χ1v) is 7.90. The summed E-state index contributed by atoms with van der Waals surface area (Å²) in [6.07, 6.45) is 7.49. The number of halogens is 1. The first kappa shape index (κ1) is 15.3. The van der Waals surface area contributed by atoms with Crippen LogP contribution in [0.3, 0.4) is 0 Å². The molecule has 1 fully saturated rings. The average molecular weight is 279 g/mol. The third-order valence-electron chi connectivity index (χ3n) is 4.05. The van der Waals surface area contributed by atoms with Crippen molar-refractivity contribution in [3.8, 4) is 5.75 Å². The Kier molecular flexibility index (Phi) is 5.84. The Balaban J connectivity index is 2.00. The van der Waals surface area contributed by atoms with Gasteiger partial charge in [-0.05, 0) is 45.2 Å². The summed E-state index contributed by atoms with van der Waals surface area (Å²) in [6, 6.07) is 5.31. The Morgan fingerprint density at radius 3 is 2.55 bits per heavy atom. The van der Waals surface area contributed by atoms with E-state index in [4.69, 9.17) is 4.74 Å². The molecule has 0 heterocycles. The average Bonchev–Trinajstić information content (AvgIpc) is 2.67. The molecule has 0 spiro atoms. The van der Waals surface area contributed by atoms with Crippen molar-refractivity contribution < 1.29 is 9.13 Å². The highest BCUT2D eigenvalue weighted by molar-refractivity contribution is 5.30. The fourth-order valence-corrected chi connectivity index (χ4v) is 2.90. The van der Waals surface area contributed by atoms with Crippen molar-refractivity contribution in [2.45, 2.75) is 64.5 Å². The van der Waals surface area contributed by atoms with Crippen molar-refractivity contribution in [3.05, 3.63) is 29.6 Å². The monoisotopic (exact) mass is 279 g/mol. The summed E-state index contributed by atoms with van der Waals surface area (Å²) in [6.45, 7) is 4.84. The molecule has 0 aromatic heterocycles. The predicted molar refractivity (Wildman–Crippen MR) is 80.6 cm³/mol. The maximum atomic E-state index is 14.1. The molecule has 0 amide bonds. The van der Waals surface area contributed by atoms with E-state index >= 15 is 0 Å². The second-order valence-corrected chi connectivity index (χ2v) is 5.69. The summed E-state index contributed by atoms with van der Waals surface area (Å²) in [4.78, 5) is 0. The molecule has 3 heteroatoms. The fraction of sp³-hybridized carbons (Fsp3) is 0.647. The van der Waals surface area contributed by atoms with Crippen LogP contribution in [0.2, 0.25) is 0 Å². The van der Waals surface area contributed by atoms with E-state index in [0.717, 1.165) is 19.4 Å². The van der Waals surface area contributed by atoms with E-state index in [9.17, 15) is 4.39 Å². The second kappa shape index (κ2) is 7.63. The Morgan fingerprint density at radius 2 is 1.95 bits per heavy atom. The summed E-state index contributed by atoms with van der Waals surface area (Å²) in [7, 11) is 0. The van der Waals surface area contributed by atoms with E-state index in [1.807, 2.05) is 26.0 Å². The highest BCUT2D eigenvalue weighted by Gasteiger charge is 2.15. The molecule has 112 valence electrons. The number of ether oxygens (including phenoxy) is 1. The Hall–Kier alpha value is -1.09. The van der Waals surface area contributed by atoms with E-state index in [-0.39, 0.29) is 18.0 Å². The van der Waals surface area contributed by atoms with Crippen molar-refractivity contribution in [2.24, 2.45) is 0 Å². The van der Waals surface area contributed by atoms with E-state index in [2.05, 4.69) is 5.32 Å². The zero-order valence-corrected chi connectivity index (χ0v) is 12.6. The second-order valence-electron chi connectivity index (χ2n) is 5.69. The topological polar surface area (TPSA) is 21.3 Å². The van der Waals surface area contributed by atoms with Crippen LogP contribution in [-0.2, 0) is 0 Å². The lowest BCUT2D eigenvalue weighted by atomic mass is 10.1. The molecule has 0 saturated heterocycles. The third kappa shape index (κ3) is 4.20. The van der Waals surface area contributed by atoms with E-state index in [1.165, 1.54) is 31.7 Å². The summed E-state index contributed by atoms with van der Waals surface area (Å²) in [5.74, 6) is 0.492. The number of benzene rings is 1. The molecular formula is C17H26FNO. The Labute approximate surface area is 121 Å². The number of rotatable bonds is 5. The van der Waals surface area contributed by atoms with Crippen molar-refractivity contribution in [2.75, 3.05) is 6.54 Å². The molecule has 1 aromatic carbocycles. The van der Waals surface area contributed by atoms with Gasteiger partial charge in [-0.25, -0.2) is 4.39 Å². The van der Waals surface area contributed by atoms with Crippen molar-refractivity contribution >= 4 is 0 Å². The number of hydrogen-bond acceptors (Lipinski definition) is 2. The van der Waals surface area contributed by atoms with Gasteiger partial charge < -0.3 is 10.1 Å². The van der Waals surface area contributed by atoms with E-state index < -0.39 is 0 Å². The maximum absolute atomic E-state index is 14.1. The lowest BCUT2D eigenvalue weighted by Gasteiger charge is -2.19. The van der Waals surface area contributed by atoms with Crippen LogP contribution in [-0.4, -0.2) is 12.6 Å². The van der Waals surface area contributed by atoms with Crippen LogP contribution >= 0.6 is 0 Å². The molecule has 0 radical (unpaired) electrons. The van der Waals surface area contributed by atoms with E-state index in [0.29, 0.717) is 11.3 Å². The first-order chi connectivity index (χ1) is 9.70. The molecule has 1 aliphatic rings. The van der Waals surface area contributed by atoms with Crippen LogP contribution < -0.4 is 10.1 Å². The summed E-state index contributed by atoms with van der Waals surface area (Å²) < 4.78 is 20.1. The van der Waals surface area contributed by atoms with Gasteiger partial charge in [-0.3, -0.25) is 0 Å². The minimum atomic E-state index is -0.176. The molecule has 2 nitrogen and oxygen atoms in total. The summed E-state index contributed by atoms with van der Waals surface area (Å²) in [5.41, 5.74) is 0.708. The van der Waals surface area contributed by atoms with Gasteiger partial charge in [0.1, 0.15) is 11.6 Å². The van der Waals surface area contributed by atoms with Crippen LogP contribution in [0.5, 0.6) is 5.75 Å². The van der Waals surface area contributed by atoms with Gasteiger partial charge in [0.15, 0.2) is 0 Å². The molecule has 1 atom stereocenters. The molecule has 1 aliphatic carbocycles. The summed E-state index contributed by atoms with van der Waals surface area (Å²) >= 11 is 0. The van der Waals surface area contributed by atoms with Crippen LogP contribution in [0.1, 0.15) is 64.0 Å². The molecular weight excluding hydrogens is 253 g/mol. The van der Waals surface area contributed by atoms with E-state index in [1.54, 1.807) is 0 Å². The summed E-state index contributed by atoms with van der Waals surface area (Å²) in [5, 5.41) is 3.23. The van der Waals surface area contributed by atoms with Crippen molar-refractivity contribution in [3.63, 3.8) is 0 Å². The molecule has 1 saturated carbocycles. The van der Waals surface area contributed by atoms with Crippen molar-refractivity contribution in [1.82, 2.24) is 5.32 Å². The molecule has 1 N–H and O–H groups in total. The normalized spacial score (nSPS) is 18.6. The lowest BCUT2D eigenvalue weighted by Crippen LogP contribution is -2.19. The number of nitrogens with one attached hydrogen (secondary N) is 1. The van der Waals surface area contributed by atoms with Gasteiger partial charge in [0.2, 0.25) is 0 Å². The fourth-order valence-electron chi connectivity index (χ4n) is 2.90. The maximum Gasteiger partial charge on any atom is 0.131 e. The van der Waals surface area contributed by atoms with Crippen LogP contribution in [0.15, 0.2) is 18.2 Å². The minimum absolute atomic E-state index is 0.0342. The smallest absolute Gasteiger partial charge is 0.131 e. The molecule has 0 bridgehead atoms. The molecule has 0 aliphatic heterocycles. The van der Waals surface area contributed by atoms with Crippen molar-refractivity contribution in [1.29, 1.82) is 0 Å². The Morgan fingerprint density at radius 1 is 1.25 bits per heavy atom. The van der Waals surface area contributed by atoms with Gasteiger partial charge in [0, 0.05) is 17.7 Å². The highest BCUT2D eigenvalue weighted by atomic mass is 19.1. The molecule has 1 aromatic rings. The minimum Gasteiger partial charge on any atom is -0.490 e. The Bertz CT molecular complexity index is 413. The van der Waals surface area contributed by atoms with Gasteiger partial charge in [-0.1, -0.05) is 25.8 Å². The highest BCUT2D eigenvalue weighted by Crippen LogP contribution is 2.26. The first-order valence-electron chi connectivity index (χ1n) is 7.90. The van der Waals surface area contributed by atoms with Gasteiger partial charge in [0.05, 0.1) is 6.10 Å². The van der Waals surface area contributed by atoms with Crippen LogP contribution in [0, 0.1) is 5.82 Å². The van der Waals surface area contributed by atoms with Gasteiger partial charge in [-0.15, -0.1) is 0 Å². The van der Waals surface area contributed by atoms with Gasteiger partial charge >= 0.3 is 0 Å². The SMILES string of the molecule is CCNC(C)c1ccc(OC2CCCCCC2)cc1F. The third-order valence-corrected chi connectivity index (χ3v) is 4.05. The zero-order chi connectivity index (χ0) is 14.4. The zero-order valence-electron chi connectivity index (χ0n) is 12.6. The predicted octanol–water partition coefficient (Wildman–Crippen LogP) is 4.60. The molecule has 2 rings (SSSR count). The van der Waals surface area contributed by atoms with Gasteiger partial charge in [-0.2, -0.15) is 0 Å². The van der Waals surface area contributed by atoms with Crippen LogP contribution in [0.25, 0.3) is 0 Å². The number of hydrogen-bond donors (Lipinski definition) is 1. The van der Waals surface area contributed by atoms with Gasteiger partial charge in [0.25, 0.3) is 0 Å². The molecule has 20 heavy (non-hydrogen) atoms. The molecule has 1 unspecified atom stereocenters. The standard InChI is InChI=1S/C17H26FNO/c1-3-19-13(2)16-11-10-15(12-17(16)18)20-14-8-6-4-5-7-9-14/h10-14,19H,3-9H2,1-2H3. The largest absolute Gasteiger partial charge is 0.490 e. The van der Waals surface area contributed by atoms with Crippen LogP contribution in [0.4, 0.5) is 4.39 Å².